The molecule has 0 bridgehead atoms. The number of benzene rings is 1. The number of rotatable bonds is 6. The van der Waals surface area contributed by atoms with E-state index in [0.717, 1.165) is 0 Å². The third-order valence-electron chi connectivity index (χ3n) is 3.10. The van der Waals surface area contributed by atoms with Gasteiger partial charge in [0.1, 0.15) is 5.71 Å². The van der Waals surface area contributed by atoms with Crippen LogP contribution in [0.5, 0.6) is 0 Å². The van der Waals surface area contributed by atoms with Crippen molar-refractivity contribution in [3.8, 4) is 0 Å². The molecule has 8 nitrogen and oxygen atoms in total. The molecule has 22 heavy (non-hydrogen) atoms. The van der Waals surface area contributed by atoms with Crippen LogP contribution in [0.2, 0.25) is 0 Å². The van der Waals surface area contributed by atoms with Crippen LogP contribution in [0.4, 0.5) is 5.69 Å². The molecule has 0 saturated carbocycles. The van der Waals surface area contributed by atoms with Crippen LogP contribution in [-0.2, 0) is 14.4 Å². The summed E-state index contributed by atoms with van der Waals surface area (Å²) in [6, 6.07) is 7.72. The van der Waals surface area contributed by atoms with Gasteiger partial charge in [0.2, 0.25) is 0 Å². The molecule has 0 aliphatic carbocycles. The molecule has 3 N–H and O–H groups in total. The zero-order valence-electron chi connectivity index (χ0n) is 11.6. The summed E-state index contributed by atoms with van der Waals surface area (Å²) in [6.07, 6.45) is -0.243. The molecule has 0 aromatic heterocycles. The predicted octanol–water partition coefficient (Wildman–Crippen LogP) is 0.297. The van der Waals surface area contributed by atoms with Gasteiger partial charge in [-0.2, -0.15) is 5.10 Å². The van der Waals surface area contributed by atoms with Crippen molar-refractivity contribution in [2.75, 3.05) is 11.6 Å². The molecule has 1 unspecified atom stereocenters. The van der Waals surface area contributed by atoms with Crippen LogP contribution in [-0.4, -0.2) is 46.4 Å². The van der Waals surface area contributed by atoms with Crippen molar-refractivity contribution in [3.63, 3.8) is 0 Å². The molecule has 0 spiro atoms. The second-order valence-electron chi connectivity index (χ2n) is 4.68. The monoisotopic (exact) mass is 305 g/mol. The highest BCUT2D eigenvalue weighted by Gasteiger charge is 2.35. The average Bonchev–Trinajstić information content (AvgIpc) is 2.93. The molecule has 0 saturated heterocycles. The van der Waals surface area contributed by atoms with Crippen LogP contribution in [0, 0.1) is 0 Å². The van der Waals surface area contributed by atoms with Gasteiger partial charge in [0.15, 0.2) is 6.04 Å². The average molecular weight is 305 g/mol. The molecular weight excluding hydrogens is 290 g/mol. The molecule has 1 atom stereocenters. The summed E-state index contributed by atoms with van der Waals surface area (Å²) in [7, 11) is 0. The first kappa shape index (κ1) is 15.5. The molecule has 0 fully saturated rings. The maximum Gasteiger partial charge on any atom is 0.328 e. The van der Waals surface area contributed by atoms with Gasteiger partial charge in [-0.15, -0.1) is 0 Å². The van der Waals surface area contributed by atoms with Crippen molar-refractivity contribution in [2.45, 2.75) is 18.9 Å². The molecule has 0 radical (unpaired) electrons. The van der Waals surface area contributed by atoms with Crippen LogP contribution in [0.25, 0.3) is 0 Å². The number of para-hydroxylation sites is 1. The second kappa shape index (κ2) is 6.70. The first-order valence-electron chi connectivity index (χ1n) is 6.63. The van der Waals surface area contributed by atoms with Crippen molar-refractivity contribution < 1.29 is 24.6 Å². The molecule has 1 heterocycles. The minimum atomic E-state index is -1.08. The van der Waals surface area contributed by atoms with E-state index in [1.54, 1.807) is 30.3 Å². The first-order chi connectivity index (χ1) is 10.5. The summed E-state index contributed by atoms with van der Waals surface area (Å²) < 4.78 is 0. The summed E-state index contributed by atoms with van der Waals surface area (Å²) in [5, 5.41) is 25.6. The van der Waals surface area contributed by atoms with Gasteiger partial charge in [-0.3, -0.25) is 14.6 Å². The van der Waals surface area contributed by atoms with E-state index >= 15 is 0 Å². The van der Waals surface area contributed by atoms with Crippen molar-refractivity contribution in [1.29, 1.82) is 0 Å². The Morgan fingerprint density at radius 2 is 1.91 bits per heavy atom. The topological polar surface area (TPSA) is 119 Å². The summed E-state index contributed by atoms with van der Waals surface area (Å²) in [5.74, 6) is -2.66. The Kier molecular flexibility index (Phi) is 4.72. The number of aliphatic carboxylic acids is 2. The number of amides is 1. The van der Waals surface area contributed by atoms with Gasteiger partial charge in [0, 0.05) is 13.0 Å². The van der Waals surface area contributed by atoms with E-state index in [2.05, 4.69) is 10.4 Å². The van der Waals surface area contributed by atoms with Gasteiger partial charge in [0.25, 0.3) is 5.91 Å². The van der Waals surface area contributed by atoms with Gasteiger partial charge < -0.3 is 15.5 Å². The van der Waals surface area contributed by atoms with E-state index < -0.39 is 23.9 Å². The van der Waals surface area contributed by atoms with E-state index in [9.17, 15) is 19.5 Å². The fourth-order valence-electron chi connectivity index (χ4n) is 2.04. The summed E-state index contributed by atoms with van der Waals surface area (Å²) in [4.78, 5) is 33.7. The number of carboxylic acid groups (broad SMARTS) is 2. The standard InChI is InChI=1S/C14H15N3O5/c18-12(19)6-7-15-13(20)10-8-11(14(21)22)17(16-10)9-4-2-1-3-5-9/h1-5,11H,6-8H2,(H,15,20)(H,18,19)(H,21,22). The third-order valence-corrected chi connectivity index (χ3v) is 3.10. The number of hydrogen-bond acceptors (Lipinski definition) is 5. The molecule has 2 rings (SSSR count). The highest BCUT2D eigenvalue weighted by molar-refractivity contribution is 6.40. The van der Waals surface area contributed by atoms with Crippen molar-refractivity contribution >= 4 is 29.2 Å². The number of carbonyl (C=O) groups excluding carboxylic acids is 1. The Morgan fingerprint density at radius 3 is 2.50 bits per heavy atom. The van der Waals surface area contributed by atoms with Crippen LogP contribution < -0.4 is 10.3 Å². The third kappa shape index (κ3) is 3.60. The molecule has 1 aromatic carbocycles. The van der Waals surface area contributed by atoms with E-state index in [-0.39, 0.29) is 25.1 Å². The van der Waals surface area contributed by atoms with Crippen molar-refractivity contribution in [2.24, 2.45) is 5.10 Å². The lowest BCUT2D eigenvalue weighted by molar-refractivity contribution is -0.138. The number of carboxylic acids is 2. The number of anilines is 1. The van der Waals surface area contributed by atoms with Crippen LogP contribution >= 0.6 is 0 Å². The van der Waals surface area contributed by atoms with E-state index in [4.69, 9.17) is 5.11 Å². The minimum absolute atomic E-state index is 0.0315. The largest absolute Gasteiger partial charge is 0.481 e. The number of nitrogens with zero attached hydrogens (tertiary/aromatic N) is 2. The number of carbonyl (C=O) groups is 3. The quantitative estimate of drug-likeness (QED) is 0.695. The summed E-state index contributed by atoms with van der Waals surface area (Å²) in [6.45, 7) is -0.0315. The predicted molar refractivity (Wildman–Crippen MR) is 77.7 cm³/mol. The van der Waals surface area contributed by atoms with Crippen LogP contribution in [0.15, 0.2) is 35.4 Å². The highest BCUT2D eigenvalue weighted by atomic mass is 16.4. The Morgan fingerprint density at radius 1 is 1.23 bits per heavy atom. The Bertz CT molecular complexity index is 614. The van der Waals surface area contributed by atoms with Crippen LogP contribution in [0.1, 0.15) is 12.8 Å². The smallest absolute Gasteiger partial charge is 0.328 e. The summed E-state index contributed by atoms with van der Waals surface area (Å²) in [5.41, 5.74) is 0.643. The van der Waals surface area contributed by atoms with E-state index in [1.807, 2.05) is 0 Å². The SMILES string of the molecule is O=C(O)CCNC(=O)C1=NN(c2ccccc2)C(C(=O)O)C1. The molecular formula is C14H15N3O5. The molecule has 1 aliphatic heterocycles. The van der Waals surface area contributed by atoms with Crippen LogP contribution in [0.3, 0.4) is 0 Å². The molecule has 1 aliphatic rings. The lowest BCUT2D eigenvalue weighted by Crippen LogP contribution is -2.35. The lowest BCUT2D eigenvalue weighted by atomic mass is 10.1. The number of nitrogens with one attached hydrogen (secondary N) is 1. The zero-order chi connectivity index (χ0) is 16.1. The van der Waals surface area contributed by atoms with Crippen molar-refractivity contribution in [3.05, 3.63) is 30.3 Å². The molecule has 116 valence electrons. The number of hydrogen-bond donors (Lipinski definition) is 3. The van der Waals surface area contributed by atoms with Gasteiger partial charge >= 0.3 is 11.9 Å². The van der Waals surface area contributed by atoms with Crippen molar-refractivity contribution in [1.82, 2.24) is 5.32 Å². The summed E-state index contributed by atoms with van der Waals surface area (Å²) >= 11 is 0. The molecule has 1 aromatic rings. The Labute approximate surface area is 126 Å². The first-order valence-corrected chi connectivity index (χ1v) is 6.63. The normalized spacial score (nSPS) is 17.0. The molecule has 1 amide bonds. The van der Waals surface area contributed by atoms with Gasteiger partial charge in [-0.05, 0) is 12.1 Å². The lowest BCUT2D eigenvalue weighted by Gasteiger charge is -2.19. The second-order valence-corrected chi connectivity index (χ2v) is 4.68. The minimum Gasteiger partial charge on any atom is -0.481 e. The Hall–Kier alpha value is -2.90. The fourth-order valence-corrected chi connectivity index (χ4v) is 2.04. The van der Waals surface area contributed by atoms with Gasteiger partial charge in [0.05, 0.1) is 12.1 Å². The van der Waals surface area contributed by atoms with Gasteiger partial charge in [-0.25, -0.2) is 4.79 Å². The van der Waals surface area contributed by atoms with E-state index in [1.165, 1.54) is 5.01 Å². The van der Waals surface area contributed by atoms with Gasteiger partial charge in [-0.1, -0.05) is 18.2 Å². The fraction of sp³-hybridized carbons (Fsp3) is 0.286. The maximum atomic E-state index is 11.9. The van der Waals surface area contributed by atoms with E-state index in [0.29, 0.717) is 5.69 Å². The zero-order valence-corrected chi connectivity index (χ0v) is 11.6. The Balaban J connectivity index is 2.11. The highest BCUT2D eigenvalue weighted by Crippen LogP contribution is 2.24. The maximum absolute atomic E-state index is 11.9. The number of hydrazone groups is 1. The molecule has 8 heteroatoms.